The van der Waals surface area contributed by atoms with Crippen LogP contribution >= 0.6 is 23.4 Å². The smallest absolute Gasteiger partial charge is 0.275 e. The van der Waals surface area contributed by atoms with Gasteiger partial charge in [0, 0.05) is 21.9 Å². The molecule has 1 heterocycles. The van der Waals surface area contributed by atoms with E-state index < -0.39 is 17.1 Å². The van der Waals surface area contributed by atoms with Crippen molar-refractivity contribution in [1.29, 1.82) is 0 Å². The van der Waals surface area contributed by atoms with Crippen LogP contribution in [0.5, 0.6) is 5.75 Å². The van der Waals surface area contributed by atoms with Crippen molar-refractivity contribution in [2.24, 2.45) is 0 Å². The molecule has 0 unspecified atom stereocenters. The first-order valence-electron chi connectivity index (χ1n) is 7.98. The summed E-state index contributed by atoms with van der Waals surface area (Å²) >= 11 is 7.60. The molecule has 3 rings (SSSR count). The SMILES string of the molecule is CNC(=O)c1nn(-c2ccccc2Sc2cc(C)cc(Cl)c2)cc(O)c1=O. The third kappa shape index (κ3) is 4.15. The van der Waals surface area contributed by atoms with Crippen LogP contribution in [0.1, 0.15) is 16.1 Å². The lowest BCUT2D eigenvalue weighted by molar-refractivity contribution is 0.0954. The summed E-state index contributed by atoms with van der Waals surface area (Å²) in [7, 11) is 1.39. The minimum atomic E-state index is -0.818. The molecule has 0 aliphatic carbocycles. The van der Waals surface area contributed by atoms with Crippen LogP contribution in [0.2, 0.25) is 5.02 Å². The van der Waals surface area contributed by atoms with Crippen LogP contribution in [-0.4, -0.2) is 27.8 Å². The van der Waals surface area contributed by atoms with Gasteiger partial charge >= 0.3 is 0 Å². The Labute approximate surface area is 164 Å². The third-order valence-electron chi connectivity index (χ3n) is 3.70. The Morgan fingerprint density at radius 2 is 2.00 bits per heavy atom. The number of nitrogens with one attached hydrogen (secondary N) is 1. The highest BCUT2D eigenvalue weighted by molar-refractivity contribution is 7.99. The van der Waals surface area contributed by atoms with Gasteiger partial charge in [-0.05, 0) is 42.8 Å². The number of carbonyl (C=O) groups excluding carboxylic acids is 1. The van der Waals surface area contributed by atoms with Crippen molar-refractivity contribution < 1.29 is 9.90 Å². The first-order valence-corrected chi connectivity index (χ1v) is 9.18. The number of aromatic nitrogens is 2. The van der Waals surface area contributed by atoms with Crippen LogP contribution in [0.3, 0.4) is 0 Å². The Balaban J connectivity index is 2.10. The Morgan fingerprint density at radius 1 is 1.26 bits per heavy atom. The molecule has 0 spiro atoms. The lowest BCUT2D eigenvalue weighted by Crippen LogP contribution is -2.29. The van der Waals surface area contributed by atoms with Crippen molar-refractivity contribution in [3.8, 4) is 11.4 Å². The number of hydrogen-bond acceptors (Lipinski definition) is 5. The average Bonchev–Trinajstić information content (AvgIpc) is 2.63. The van der Waals surface area contributed by atoms with Crippen LogP contribution < -0.4 is 10.7 Å². The number of aromatic hydroxyl groups is 1. The normalized spacial score (nSPS) is 10.6. The number of aryl methyl sites for hydroxylation is 1. The molecule has 0 radical (unpaired) electrons. The minimum Gasteiger partial charge on any atom is -0.503 e. The fourth-order valence-electron chi connectivity index (χ4n) is 2.49. The summed E-state index contributed by atoms with van der Waals surface area (Å²) in [5.74, 6) is -1.22. The molecule has 0 atom stereocenters. The van der Waals surface area contributed by atoms with E-state index in [2.05, 4.69) is 10.4 Å². The van der Waals surface area contributed by atoms with Crippen molar-refractivity contribution in [3.63, 3.8) is 0 Å². The largest absolute Gasteiger partial charge is 0.503 e. The quantitative estimate of drug-likeness (QED) is 0.699. The second-order valence-electron chi connectivity index (χ2n) is 5.75. The molecule has 2 aromatic carbocycles. The number of halogens is 1. The molecule has 0 saturated heterocycles. The fraction of sp³-hybridized carbons (Fsp3) is 0.105. The Bertz CT molecular complexity index is 1060. The number of benzene rings is 2. The van der Waals surface area contributed by atoms with Crippen molar-refractivity contribution in [2.75, 3.05) is 7.05 Å². The highest BCUT2D eigenvalue weighted by Crippen LogP contribution is 2.34. The maximum Gasteiger partial charge on any atom is 0.275 e. The first-order chi connectivity index (χ1) is 12.9. The van der Waals surface area contributed by atoms with E-state index in [-0.39, 0.29) is 5.69 Å². The molecule has 27 heavy (non-hydrogen) atoms. The lowest BCUT2D eigenvalue weighted by Gasteiger charge is -2.13. The topological polar surface area (TPSA) is 84.2 Å². The molecule has 0 fully saturated rings. The van der Waals surface area contributed by atoms with E-state index in [4.69, 9.17) is 11.6 Å². The highest BCUT2D eigenvalue weighted by Gasteiger charge is 2.17. The molecule has 8 heteroatoms. The van der Waals surface area contributed by atoms with Gasteiger partial charge in [0.15, 0.2) is 11.4 Å². The first kappa shape index (κ1) is 19.0. The van der Waals surface area contributed by atoms with Gasteiger partial charge in [0.25, 0.3) is 11.3 Å². The summed E-state index contributed by atoms with van der Waals surface area (Å²) in [6, 6.07) is 13.1. The lowest BCUT2D eigenvalue weighted by atomic mass is 10.2. The predicted molar refractivity (Wildman–Crippen MR) is 105 cm³/mol. The van der Waals surface area contributed by atoms with Gasteiger partial charge in [0.2, 0.25) is 0 Å². The molecule has 1 amide bonds. The summed E-state index contributed by atoms with van der Waals surface area (Å²) in [6.07, 6.45) is 1.19. The molecule has 0 bridgehead atoms. The maximum absolute atomic E-state index is 12.0. The molecule has 3 aromatic rings. The van der Waals surface area contributed by atoms with Gasteiger partial charge in [-0.25, -0.2) is 4.68 Å². The molecule has 2 N–H and O–H groups in total. The van der Waals surface area contributed by atoms with E-state index in [1.54, 1.807) is 12.1 Å². The van der Waals surface area contributed by atoms with Gasteiger partial charge < -0.3 is 10.4 Å². The van der Waals surface area contributed by atoms with Crippen LogP contribution in [0.4, 0.5) is 0 Å². The Hall–Kier alpha value is -2.77. The van der Waals surface area contributed by atoms with Crippen LogP contribution in [-0.2, 0) is 0 Å². The summed E-state index contributed by atoms with van der Waals surface area (Å²) in [6.45, 7) is 1.96. The standard InChI is InChI=1S/C19H16ClN3O3S/c1-11-7-12(20)9-13(8-11)27-16-6-4-3-5-14(16)23-10-15(24)18(25)17(22-23)19(26)21-2/h3-10,24H,1-2H3,(H,21,26). The van der Waals surface area contributed by atoms with Crippen molar-refractivity contribution in [2.45, 2.75) is 16.7 Å². The number of carbonyl (C=O) groups is 1. The van der Waals surface area contributed by atoms with E-state index >= 15 is 0 Å². The van der Waals surface area contributed by atoms with Crippen LogP contribution in [0.15, 0.2) is 63.2 Å². The van der Waals surface area contributed by atoms with E-state index in [0.717, 1.165) is 15.4 Å². The molecular weight excluding hydrogens is 386 g/mol. The Kier molecular flexibility index (Phi) is 5.53. The maximum atomic E-state index is 12.0. The van der Waals surface area contributed by atoms with Gasteiger partial charge in [-0.1, -0.05) is 35.5 Å². The number of hydrogen-bond donors (Lipinski definition) is 2. The van der Waals surface area contributed by atoms with E-state index in [1.165, 1.54) is 29.7 Å². The molecule has 6 nitrogen and oxygen atoms in total. The number of rotatable bonds is 4. The number of para-hydroxylation sites is 1. The zero-order chi connectivity index (χ0) is 19.6. The van der Waals surface area contributed by atoms with Crippen molar-refractivity contribution >= 4 is 29.3 Å². The molecule has 0 saturated carbocycles. The van der Waals surface area contributed by atoms with Crippen LogP contribution in [0.25, 0.3) is 5.69 Å². The van der Waals surface area contributed by atoms with E-state index in [0.29, 0.717) is 10.7 Å². The number of nitrogens with zero attached hydrogens (tertiary/aromatic N) is 2. The number of amides is 1. The van der Waals surface area contributed by atoms with Crippen molar-refractivity contribution in [3.05, 3.63) is 75.2 Å². The van der Waals surface area contributed by atoms with Crippen molar-refractivity contribution in [1.82, 2.24) is 15.1 Å². The average molecular weight is 402 g/mol. The summed E-state index contributed by atoms with van der Waals surface area (Å²) in [5.41, 5.74) is 0.446. The van der Waals surface area contributed by atoms with Gasteiger partial charge in [0.05, 0.1) is 11.9 Å². The van der Waals surface area contributed by atoms with Gasteiger partial charge in [-0.2, -0.15) is 5.10 Å². The molecule has 1 aromatic heterocycles. The zero-order valence-corrected chi connectivity index (χ0v) is 16.1. The van der Waals surface area contributed by atoms with Crippen LogP contribution in [0, 0.1) is 6.92 Å². The van der Waals surface area contributed by atoms with Gasteiger partial charge in [-0.15, -0.1) is 0 Å². The third-order valence-corrected chi connectivity index (χ3v) is 4.95. The van der Waals surface area contributed by atoms with Gasteiger partial charge in [-0.3, -0.25) is 9.59 Å². The van der Waals surface area contributed by atoms with Gasteiger partial charge in [0.1, 0.15) is 0 Å². The molecule has 0 aliphatic rings. The molecular formula is C19H16ClN3O3S. The molecule has 0 aliphatic heterocycles. The Morgan fingerprint density at radius 3 is 2.70 bits per heavy atom. The summed E-state index contributed by atoms with van der Waals surface area (Å²) < 4.78 is 1.32. The summed E-state index contributed by atoms with van der Waals surface area (Å²) in [5, 5.41) is 17.1. The monoisotopic (exact) mass is 401 g/mol. The second-order valence-corrected chi connectivity index (χ2v) is 7.30. The van der Waals surface area contributed by atoms with E-state index in [9.17, 15) is 14.7 Å². The molecule has 138 valence electrons. The second kappa shape index (κ2) is 7.85. The van der Waals surface area contributed by atoms with E-state index in [1.807, 2.05) is 37.3 Å². The highest BCUT2D eigenvalue weighted by atomic mass is 35.5. The fourth-order valence-corrected chi connectivity index (χ4v) is 3.94. The summed E-state index contributed by atoms with van der Waals surface area (Å²) in [4.78, 5) is 25.7. The minimum absolute atomic E-state index is 0.379. The predicted octanol–water partition coefficient (Wildman–Crippen LogP) is 3.41. The zero-order valence-electron chi connectivity index (χ0n) is 14.6.